The summed E-state index contributed by atoms with van der Waals surface area (Å²) in [7, 11) is 0. The van der Waals surface area contributed by atoms with Gasteiger partial charge in [0.05, 0.1) is 12.6 Å². The second-order valence-electron chi connectivity index (χ2n) is 6.68. The van der Waals surface area contributed by atoms with Crippen molar-refractivity contribution in [1.82, 2.24) is 5.32 Å². The van der Waals surface area contributed by atoms with Crippen molar-refractivity contribution >= 4 is 11.7 Å². The molecule has 1 heterocycles. The summed E-state index contributed by atoms with van der Waals surface area (Å²) in [4.78, 5) is 12.4. The van der Waals surface area contributed by atoms with Crippen LogP contribution in [0.5, 0.6) is 0 Å². The third-order valence-electron chi connectivity index (χ3n) is 4.22. The highest BCUT2D eigenvalue weighted by molar-refractivity contribution is 5.90. The molecule has 0 aromatic heterocycles. The lowest BCUT2D eigenvalue weighted by Crippen LogP contribution is -2.52. The van der Waals surface area contributed by atoms with Crippen molar-refractivity contribution in [2.45, 2.75) is 38.7 Å². The molecule has 1 fully saturated rings. The predicted octanol–water partition coefficient (Wildman–Crippen LogP) is 4.01. The topological polar surface area (TPSA) is 59.6 Å². The lowest BCUT2D eigenvalue weighted by Gasteiger charge is -2.41. The van der Waals surface area contributed by atoms with Crippen LogP contribution in [0.15, 0.2) is 54.6 Å². The Labute approximate surface area is 148 Å². The maximum absolute atomic E-state index is 12.4. The zero-order valence-electron chi connectivity index (χ0n) is 14.8. The number of para-hydroxylation sites is 1. The van der Waals surface area contributed by atoms with Crippen LogP contribution in [0.1, 0.15) is 31.1 Å². The fraction of sp³-hybridized carbons (Fsp3) is 0.350. The second-order valence-corrected chi connectivity index (χ2v) is 6.68. The van der Waals surface area contributed by atoms with E-state index in [4.69, 9.17) is 9.47 Å². The average Bonchev–Trinajstić information content (AvgIpc) is 2.59. The van der Waals surface area contributed by atoms with Crippen molar-refractivity contribution in [3.05, 3.63) is 65.7 Å². The maximum atomic E-state index is 12.4. The molecule has 5 nitrogen and oxygen atoms in total. The van der Waals surface area contributed by atoms with Gasteiger partial charge in [0.15, 0.2) is 5.79 Å². The van der Waals surface area contributed by atoms with Crippen molar-refractivity contribution < 1.29 is 14.3 Å². The summed E-state index contributed by atoms with van der Waals surface area (Å²) < 4.78 is 11.8. The van der Waals surface area contributed by atoms with Gasteiger partial charge in [-0.25, -0.2) is 4.79 Å². The van der Waals surface area contributed by atoms with Gasteiger partial charge in [-0.2, -0.15) is 0 Å². The summed E-state index contributed by atoms with van der Waals surface area (Å²) in [6.45, 7) is 6.10. The molecule has 5 heteroatoms. The molecule has 0 bridgehead atoms. The van der Waals surface area contributed by atoms with Crippen LogP contribution in [-0.4, -0.2) is 24.5 Å². The molecule has 0 spiro atoms. The van der Waals surface area contributed by atoms with Crippen LogP contribution in [-0.2, 0) is 9.47 Å². The number of urea groups is 1. The van der Waals surface area contributed by atoms with Crippen LogP contribution in [0.3, 0.4) is 0 Å². The first kappa shape index (κ1) is 17.5. The Morgan fingerprint density at radius 2 is 1.76 bits per heavy atom. The molecular formula is C20H24N2O3. The lowest BCUT2D eigenvalue weighted by molar-refractivity contribution is -0.284. The third-order valence-corrected chi connectivity index (χ3v) is 4.22. The minimum absolute atomic E-state index is 0.271. The molecule has 0 unspecified atom stereocenters. The lowest BCUT2D eigenvalue weighted by atomic mass is 10.0. The summed E-state index contributed by atoms with van der Waals surface area (Å²) in [5.41, 5.74) is 2.81. The van der Waals surface area contributed by atoms with Gasteiger partial charge in [0.25, 0.3) is 0 Å². The number of aryl methyl sites for hydroxylation is 1. The number of hydrogen-bond donors (Lipinski definition) is 2. The highest BCUT2D eigenvalue weighted by Gasteiger charge is 2.38. The molecule has 1 aliphatic heterocycles. The van der Waals surface area contributed by atoms with Crippen molar-refractivity contribution in [3.63, 3.8) is 0 Å². The van der Waals surface area contributed by atoms with E-state index in [9.17, 15) is 4.79 Å². The van der Waals surface area contributed by atoms with Crippen molar-refractivity contribution in [1.29, 1.82) is 0 Å². The average molecular weight is 340 g/mol. The summed E-state index contributed by atoms with van der Waals surface area (Å²) >= 11 is 0. The standard InChI is InChI=1S/C20H24N2O3/c1-14-9-7-8-12-16(14)21-19(23)22-17-13-24-20(2,3)25-18(17)15-10-5-4-6-11-15/h4-12,17-18H,13H2,1-3H3,(H2,21,22,23)/t17-,18-/m0/s1. The molecule has 25 heavy (non-hydrogen) atoms. The molecule has 132 valence electrons. The number of carbonyl (C=O) groups is 1. The largest absolute Gasteiger partial charge is 0.348 e. The van der Waals surface area contributed by atoms with Crippen LogP contribution in [0.25, 0.3) is 0 Å². The first-order valence-electron chi connectivity index (χ1n) is 8.44. The zero-order valence-corrected chi connectivity index (χ0v) is 14.8. The molecule has 0 aliphatic carbocycles. The number of hydrogen-bond acceptors (Lipinski definition) is 3. The minimum Gasteiger partial charge on any atom is -0.348 e. The van der Waals surface area contributed by atoms with Gasteiger partial charge in [0.1, 0.15) is 6.10 Å². The number of rotatable bonds is 3. The maximum Gasteiger partial charge on any atom is 0.319 e. The van der Waals surface area contributed by atoms with Crippen molar-refractivity contribution in [3.8, 4) is 0 Å². The van der Waals surface area contributed by atoms with E-state index in [1.165, 1.54) is 0 Å². The molecule has 0 saturated carbocycles. The molecule has 1 saturated heterocycles. The SMILES string of the molecule is Cc1ccccc1NC(=O)N[C@H]1COC(C)(C)O[C@H]1c1ccccc1. The first-order valence-corrected chi connectivity index (χ1v) is 8.44. The number of ether oxygens (including phenoxy) is 2. The highest BCUT2D eigenvalue weighted by Crippen LogP contribution is 2.33. The van der Waals surface area contributed by atoms with Gasteiger partial charge in [-0.1, -0.05) is 48.5 Å². The van der Waals surface area contributed by atoms with Crippen molar-refractivity contribution in [2.75, 3.05) is 11.9 Å². The Morgan fingerprint density at radius 1 is 1.08 bits per heavy atom. The number of anilines is 1. The van der Waals surface area contributed by atoms with E-state index in [1.807, 2.05) is 75.4 Å². The molecule has 2 atom stereocenters. The fourth-order valence-corrected chi connectivity index (χ4v) is 2.90. The summed E-state index contributed by atoms with van der Waals surface area (Å²) in [5.74, 6) is -0.689. The van der Waals surface area contributed by atoms with Crippen LogP contribution in [0, 0.1) is 6.92 Å². The zero-order chi connectivity index (χ0) is 17.9. The van der Waals surface area contributed by atoms with E-state index in [-0.39, 0.29) is 18.2 Å². The van der Waals surface area contributed by atoms with Gasteiger partial charge >= 0.3 is 6.03 Å². The minimum atomic E-state index is -0.689. The number of benzene rings is 2. The van der Waals surface area contributed by atoms with Gasteiger partial charge in [0, 0.05) is 5.69 Å². The molecule has 2 amide bonds. The Hall–Kier alpha value is -2.37. The number of nitrogens with one attached hydrogen (secondary N) is 2. The van der Waals surface area contributed by atoms with Crippen LogP contribution in [0.4, 0.5) is 10.5 Å². The van der Waals surface area contributed by atoms with E-state index >= 15 is 0 Å². The highest BCUT2D eigenvalue weighted by atomic mass is 16.7. The van der Waals surface area contributed by atoms with Crippen LogP contribution < -0.4 is 10.6 Å². The molecule has 3 rings (SSSR count). The van der Waals surface area contributed by atoms with E-state index in [0.29, 0.717) is 6.61 Å². The van der Waals surface area contributed by atoms with Crippen LogP contribution in [0.2, 0.25) is 0 Å². The fourth-order valence-electron chi connectivity index (χ4n) is 2.90. The summed E-state index contributed by atoms with van der Waals surface area (Å²) in [6.07, 6.45) is -0.271. The monoisotopic (exact) mass is 340 g/mol. The summed E-state index contributed by atoms with van der Waals surface area (Å²) in [5, 5.41) is 5.87. The molecule has 1 aliphatic rings. The quantitative estimate of drug-likeness (QED) is 0.887. The number of amides is 2. The molecular weight excluding hydrogens is 316 g/mol. The van der Waals surface area contributed by atoms with Crippen LogP contribution >= 0.6 is 0 Å². The predicted molar refractivity (Wildman–Crippen MR) is 97.4 cm³/mol. The molecule has 2 aromatic carbocycles. The Morgan fingerprint density at radius 3 is 2.48 bits per heavy atom. The Bertz CT molecular complexity index is 731. The second kappa shape index (κ2) is 7.25. The van der Waals surface area contributed by atoms with Gasteiger partial charge < -0.3 is 20.1 Å². The first-order chi connectivity index (χ1) is 11.9. The Kier molecular flexibility index (Phi) is 5.06. The van der Waals surface area contributed by atoms with Crippen molar-refractivity contribution in [2.24, 2.45) is 0 Å². The normalized spacial score (nSPS) is 22.2. The molecule has 2 N–H and O–H groups in total. The van der Waals surface area contributed by atoms with Gasteiger partial charge in [-0.05, 0) is 38.0 Å². The summed E-state index contributed by atoms with van der Waals surface area (Å²) in [6, 6.07) is 17.0. The van der Waals surface area contributed by atoms with E-state index in [0.717, 1.165) is 16.8 Å². The van der Waals surface area contributed by atoms with E-state index < -0.39 is 5.79 Å². The van der Waals surface area contributed by atoms with E-state index in [1.54, 1.807) is 0 Å². The van der Waals surface area contributed by atoms with Gasteiger partial charge in [-0.15, -0.1) is 0 Å². The number of carbonyl (C=O) groups excluding carboxylic acids is 1. The third kappa shape index (κ3) is 4.38. The van der Waals surface area contributed by atoms with E-state index in [2.05, 4.69) is 10.6 Å². The molecule has 2 aromatic rings. The van der Waals surface area contributed by atoms with Gasteiger partial charge in [-0.3, -0.25) is 0 Å². The molecule has 0 radical (unpaired) electrons. The van der Waals surface area contributed by atoms with Gasteiger partial charge in [0.2, 0.25) is 0 Å². The smallest absolute Gasteiger partial charge is 0.319 e. The Balaban J connectivity index is 1.73.